The van der Waals surface area contributed by atoms with Crippen molar-refractivity contribution in [1.29, 1.82) is 0 Å². The van der Waals surface area contributed by atoms with Crippen LogP contribution in [-0.4, -0.2) is 19.5 Å². The number of halogens is 1. The third kappa shape index (κ3) is 1.75. The molecule has 0 fully saturated rings. The van der Waals surface area contributed by atoms with Crippen LogP contribution in [0.3, 0.4) is 0 Å². The molecule has 0 aliphatic heterocycles. The van der Waals surface area contributed by atoms with Crippen LogP contribution in [0.15, 0.2) is 24.9 Å². The van der Waals surface area contributed by atoms with Gasteiger partial charge in [0.25, 0.3) is 0 Å². The van der Waals surface area contributed by atoms with Gasteiger partial charge in [0, 0.05) is 18.0 Å². The number of aryl methyl sites for hydroxylation is 1. The fraction of sp³-hybridized carbons (Fsp3) is 0.222. The topological polar surface area (TPSA) is 43.6 Å². The number of rotatable bonds is 2. The van der Waals surface area contributed by atoms with Crippen LogP contribution in [0.2, 0.25) is 5.15 Å². The van der Waals surface area contributed by atoms with Gasteiger partial charge in [-0.1, -0.05) is 18.5 Å². The Labute approximate surface area is 86.6 Å². The Hall–Kier alpha value is -1.42. The maximum absolute atomic E-state index is 5.71. The van der Waals surface area contributed by atoms with E-state index in [0.29, 0.717) is 5.15 Å². The Balaban J connectivity index is 2.41. The molecule has 0 aliphatic rings. The summed E-state index contributed by atoms with van der Waals surface area (Å²) < 4.78 is 1.77. The molecule has 2 aromatic heterocycles. The minimum absolute atomic E-state index is 0.460. The van der Waals surface area contributed by atoms with E-state index in [4.69, 9.17) is 11.6 Å². The molecular formula is C9H9ClN4. The van der Waals surface area contributed by atoms with Crippen LogP contribution in [-0.2, 0) is 6.42 Å². The van der Waals surface area contributed by atoms with Gasteiger partial charge in [-0.2, -0.15) is 0 Å². The van der Waals surface area contributed by atoms with Crippen molar-refractivity contribution in [3.63, 3.8) is 0 Å². The minimum atomic E-state index is 0.460. The number of hydrogen-bond donors (Lipinski definition) is 0. The van der Waals surface area contributed by atoms with Gasteiger partial charge < -0.3 is 0 Å². The molecule has 2 rings (SSSR count). The molecule has 2 aromatic rings. The van der Waals surface area contributed by atoms with E-state index in [1.54, 1.807) is 23.4 Å². The Kier molecular flexibility index (Phi) is 2.45. The Bertz CT molecular complexity index is 438. The van der Waals surface area contributed by atoms with Gasteiger partial charge in [-0.05, 0) is 6.42 Å². The SMILES string of the molecule is CCc1cc(-n2cnc(Cl)c2)ncn1. The molecule has 0 unspecified atom stereocenters. The molecule has 0 saturated heterocycles. The fourth-order valence-corrected chi connectivity index (χ4v) is 1.29. The fourth-order valence-electron chi connectivity index (χ4n) is 1.14. The lowest BCUT2D eigenvalue weighted by atomic mass is 10.3. The predicted molar refractivity (Wildman–Crippen MR) is 53.5 cm³/mol. The molecule has 72 valence electrons. The zero-order valence-corrected chi connectivity index (χ0v) is 8.44. The van der Waals surface area contributed by atoms with E-state index in [2.05, 4.69) is 15.0 Å². The van der Waals surface area contributed by atoms with Crippen LogP contribution in [0.5, 0.6) is 0 Å². The van der Waals surface area contributed by atoms with Crippen molar-refractivity contribution in [3.8, 4) is 5.82 Å². The van der Waals surface area contributed by atoms with Gasteiger partial charge in [0.15, 0.2) is 0 Å². The second-order valence-corrected chi connectivity index (χ2v) is 3.21. The average molecular weight is 209 g/mol. The summed E-state index contributed by atoms with van der Waals surface area (Å²) in [5.74, 6) is 0.788. The molecule has 0 saturated carbocycles. The largest absolute Gasteiger partial charge is 0.289 e. The van der Waals surface area contributed by atoms with E-state index in [-0.39, 0.29) is 0 Å². The molecule has 0 bridgehead atoms. The Morgan fingerprint density at radius 3 is 2.86 bits per heavy atom. The van der Waals surface area contributed by atoms with Crippen molar-refractivity contribution in [2.24, 2.45) is 0 Å². The molecule has 0 radical (unpaired) electrons. The molecule has 0 amide bonds. The molecule has 0 aromatic carbocycles. The van der Waals surface area contributed by atoms with E-state index in [0.717, 1.165) is 17.9 Å². The third-order valence-corrected chi connectivity index (χ3v) is 2.08. The highest BCUT2D eigenvalue weighted by Crippen LogP contribution is 2.09. The summed E-state index contributed by atoms with van der Waals surface area (Å²) in [4.78, 5) is 12.2. The van der Waals surface area contributed by atoms with Gasteiger partial charge in [0.05, 0.1) is 0 Å². The van der Waals surface area contributed by atoms with Crippen molar-refractivity contribution < 1.29 is 0 Å². The molecule has 5 heteroatoms. The lowest BCUT2D eigenvalue weighted by Gasteiger charge is -2.01. The second kappa shape index (κ2) is 3.75. The quantitative estimate of drug-likeness (QED) is 0.757. The molecule has 0 spiro atoms. The summed E-state index contributed by atoms with van der Waals surface area (Å²) in [5, 5.41) is 0.460. The van der Waals surface area contributed by atoms with Crippen LogP contribution in [0.1, 0.15) is 12.6 Å². The van der Waals surface area contributed by atoms with Crippen LogP contribution in [0.4, 0.5) is 0 Å². The third-order valence-electron chi connectivity index (χ3n) is 1.89. The van der Waals surface area contributed by atoms with E-state index >= 15 is 0 Å². The summed E-state index contributed by atoms with van der Waals surface area (Å²) in [6, 6.07) is 1.91. The first-order valence-electron chi connectivity index (χ1n) is 4.30. The van der Waals surface area contributed by atoms with Gasteiger partial charge in [-0.3, -0.25) is 4.57 Å². The van der Waals surface area contributed by atoms with E-state index < -0.39 is 0 Å². The van der Waals surface area contributed by atoms with Crippen molar-refractivity contribution in [3.05, 3.63) is 35.8 Å². The monoisotopic (exact) mass is 208 g/mol. The summed E-state index contributed by atoms with van der Waals surface area (Å²) >= 11 is 5.71. The van der Waals surface area contributed by atoms with E-state index in [9.17, 15) is 0 Å². The van der Waals surface area contributed by atoms with Crippen LogP contribution < -0.4 is 0 Å². The summed E-state index contributed by atoms with van der Waals surface area (Å²) in [6.07, 6.45) is 5.77. The minimum Gasteiger partial charge on any atom is -0.289 e. The maximum atomic E-state index is 5.71. The summed E-state index contributed by atoms with van der Waals surface area (Å²) in [5.41, 5.74) is 1.000. The molecule has 0 aliphatic carbocycles. The van der Waals surface area contributed by atoms with Crippen molar-refractivity contribution in [1.82, 2.24) is 19.5 Å². The molecule has 14 heavy (non-hydrogen) atoms. The first-order valence-corrected chi connectivity index (χ1v) is 4.68. The Morgan fingerprint density at radius 2 is 2.21 bits per heavy atom. The van der Waals surface area contributed by atoms with Crippen molar-refractivity contribution >= 4 is 11.6 Å². The van der Waals surface area contributed by atoms with E-state index in [1.807, 2.05) is 13.0 Å². The highest BCUT2D eigenvalue weighted by atomic mass is 35.5. The first-order chi connectivity index (χ1) is 6.79. The smallest absolute Gasteiger partial charge is 0.147 e. The van der Waals surface area contributed by atoms with Gasteiger partial charge in [-0.15, -0.1) is 0 Å². The normalized spacial score (nSPS) is 10.4. The summed E-state index contributed by atoms with van der Waals surface area (Å²) in [6.45, 7) is 2.05. The van der Waals surface area contributed by atoms with Gasteiger partial charge in [0.2, 0.25) is 0 Å². The molecule has 4 nitrogen and oxygen atoms in total. The van der Waals surface area contributed by atoms with Crippen LogP contribution in [0, 0.1) is 0 Å². The predicted octanol–water partition coefficient (Wildman–Crippen LogP) is 1.88. The number of hydrogen-bond acceptors (Lipinski definition) is 3. The zero-order chi connectivity index (χ0) is 9.97. The standard InChI is InChI=1S/C9H9ClN4/c1-2-7-3-9(12-5-11-7)14-4-8(10)13-6-14/h3-6H,2H2,1H3. The summed E-state index contributed by atoms with van der Waals surface area (Å²) in [7, 11) is 0. The molecule has 0 atom stereocenters. The second-order valence-electron chi connectivity index (χ2n) is 2.82. The highest BCUT2D eigenvalue weighted by molar-refractivity contribution is 6.29. The van der Waals surface area contributed by atoms with Gasteiger partial charge in [-0.25, -0.2) is 15.0 Å². The van der Waals surface area contributed by atoms with Crippen LogP contribution >= 0.6 is 11.6 Å². The lowest BCUT2D eigenvalue weighted by Crippen LogP contribution is -1.97. The number of nitrogens with zero attached hydrogens (tertiary/aromatic N) is 4. The Morgan fingerprint density at radius 1 is 1.36 bits per heavy atom. The first kappa shape index (κ1) is 9.15. The maximum Gasteiger partial charge on any atom is 0.147 e. The number of aromatic nitrogens is 4. The molecule has 2 heterocycles. The van der Waals surface area contributed by atoms with Crippen molar-refractivity contribution in [2.45, 2.75) is 13.3 Å². The van der Waals surface area contributed by atoms with Gasteiger partial charge in [0.1, 0.15) is 23.6 Å². The molecular weight excluding hydrogens is 200 g/mol. The lowest BCUT2D eigenvalue weighted by molar-refractivity contribution is 0.927. The van der Waals surface area contributed by atoms with E-state index in [1.165, 1.54) is 0 Å². The van der Waals surface area contributed by atoms with Crippen molar-refractivity contribution in [2.75, 3.05) is 0 Å². The zero-order valence-electron chi connectivity index (χ0n) is 7.68. The highest BCUT2D eigenvalue weighted by Gasteiger charge is 2.00. The van der Waals surface area contributed by atoms with Gasteiger partial charge >= 0.3 is 0 Å². The van der Waals surface area contributed by atoms with Crippen LogP contribution in [0.25, 0.3) is 5.82 Å². The number of imidazole rings is 1. The average Bonchev–Trinajstić information content (AvgIpc) is 2.65. The molecule has 0 N–H and O–H groups in total.